The van der Waals surface area contributed by atoms with Crippen LogP contribution in [-0.4, -0.2) is 32.2 Å². The van der Waals surface area contributed by atoms with Gasteiger partial charge in [-0.25, -0.2) is 9.78 Å². The number of fused-ring (bicyclic) bond motifs is 1. The summed E-state index contributed by atoms with van der Waals surface area (Å²) in [6.45, 7) is 5.08. The van der Waals surface area contributed by atoms with Crippen molar-refractivity contribution >= 4 is 11.2 Å². The first kappa shape index (κ1) is 14.1. The topological polar surface area (TPSA) is 92.8 Å². The second-order valence-corrected chi connectivity index (χ2v) is 5.50. The Bertz CT molecular complexity index is 752. The van der Waals surface area contributed by atoms with E-state index in [4.69, 9.17) is 4.74 Å². The average molecular weight is 292 g/mol. The van der Waals surface area contributed by atoms with Gasteiger partial charge in [0.05, 0.1) is 6.10 Å². The van der Waals surface area contributed by atoms with E-state index in [9.17, 15) is 9.59 Å². The Balaban J connectivity index is 1.84. The number of nitrogens with one attached hydrogen (secondary N) is 2. The van der Waals surface area contributed by atoms with Crippen LogP contribution < -0.4 is 11.2 Å². The monoisotopic (exact) mass is 292 g/mol. The van der Waals surface area contributed by atoms with Crippen LogP contribution in [-0.2, 0) is 17.7 Å². The summed E-state index contributed by atoms with van der Waals surface area (Å²) in [5, 5.41) is 0. The molecule has 1 aliphatic rings. The minimum atomic E-state index is -0.409. The lowest BCUT2D eigenvalue weighted by molar-refractivity contribution is -0.0244. The molecule has 2 N–H and O–H groups in total. The highest BCUT2D eigenvalue weighted by atomic mass is 16.5. The number of aromatic amines is 2. The third kappa shape index (κ3) is 2.53. The Morgan fingerprint density at radius 1 is 1.29 bits per heavy atom. The van der Waals surface area contributed by atoms with E-state index in [1.165, 1.54) is 4.57 Å². The summed E-state index contributed by atoms with van der Waals surface area (Å²) < 4.78 is 7.02. The largest absolute Gasteiger partial charge is 0.378 e. The van der Waals surface area contributed by atoms with Gasteiger partial charge >= 0.3 is 5.69 Å². The Morgan fingerprint density at radius 3 is 2.71 bits per heavy atom. The van der Waals surface area contributed by atoms with Crippen LogP contribution >= 0.6 is 0 Å². The van der Waals surface area contributed by atoms with Gasteiger partial charge < -0.3 is 9.72 Å². The van der Waals surface area contributed by atoms with Crippen molar-refractivity contribution in [3.8, 4) is 0 Å². The Kier molecular flexibility index (Phi) is 3.67. The predicted molar refractivity (Wildman–Crippen MR) is 78.5 cm³/mol. The van der Waals surface area contributed by atoms with E-state index < -0.39 is 11.2 Å². The third-order valence-corrected chi connectivity index (χ3v) is 4.08. The van der Waals surface area contributed by atoms with Crippen LogP contribution in [0.2, 0.25) is 0 Å². The standard InChI is InChI=1S/C14H20N4O3/c1-3-18-12-11(13(19)17-14(18)20)15-10(16-12)7-8-5-9(6-8)21-4-2/h8-9H,3-7H2,1-2H3,(H,15,16)(H,17,19,20). The highest BCUT2D eigenvalue weighted by Gasteiger charge is 2.30. The molecule has 114 valence electrons. The molecule has 2 heterocycles. The fourth-order valence-electron chi connectivity index (χ4n) is 2.97. The first-order valence-electron chi connectivity index (χ1n) is 7.45. The van der Waals surface area contributed by atoms with E-state index in [0.29, 0.717) is 29.7 Å². The van der Waals surface area contributed by atoms with Gasteiger partial charge in [0.15, 0.2) is 5.65 Å². The summed E-state index contributed by atoms with van der Waals surface area (Å²) in [4.78, 5) is 33.4. The first-order valence-corrected chi connectivity index (χ1v) is 7.45. The molecule has 0 aliphatic heterocycles. The van der Waals surface area contributed by atoms with Crippen LogP contribution in [0.3, 0.4) is 0 Å². The van der Waals surface area contributed by atoms with E-state index in [1.807, 2.05) is 13.8 Å². The van der Waals surface area contributed by atoms with Crippen LogP contribution in [0.1, 0.15) is 32.5 Å². The van der Waals surface area contributed by atoms with E-state index >= 15 is 0 Å². The van der Waals surface area contributed by atoms with E-state index in [0.717, 1.165) is 31.7 Å². The minimum absolute atomic E-state index is 0.363. The zero-order valence-electron chi connectivity index (χ0n) is 12.3. The molecule has 2 aromatic heterocycles. The molecule has 7 heteroatoms. The van der Waals surface area contributed by atoms with Crippen LogP contribution in [0.4, 0.5) is 0 Å². The van der Waals surface area contributed by atoms with Gasteiger partial charge in [-0.15, -0.1) is 0 Å². The van der Waals surface area contributed by atoms with Crippen LogP contribution in [0.5, 0.6) is 0 Å². The SMILES string of the molecule is CCOC1CC(Cc2nc3c([nH]2)c(=O)[nH]c(=O)n3CC)C1. The van der Waals surface area contributed by atoms with Gasteiger partial charge in [-0.05, 0) is 32.6 Å². The molecule has 1 fully saturated rings. The normalized spacial score (nSPS) is 21.6. The molecular formula is C14H20N4O3. The number of rotatable bonds is 5. The van der Waals surface area contributed by atoms with Crippen LogP contribution in [0.25, 0.3) is 11.2 Å². The average Bonchev–Trinajstić information content (AvgIpc) is 2.81. The molecule has 0 bridgehead atoms. The summed E-state index contributed by atoms with van der Waals surface area (Å²) in [7, 11) is 0. The summed E-state index contributed by atoms with van der Waals surface area (Å²) in [5.74, 6) is 1.30. The van der Waals surface area contributed by atoms with Crippen LogP contribution in [0.15, 0.2) is 9.59 Å². The molecule has 0 atom stereocenters. The molecule has 1 aliphatic carbocycles. The van der Waals surface area contributed by atoms with Crippen molar-refractivity contribution in [1.29, 1.82) is 0 Å². The number of hydrogen-bond acceptors (Lipinski definition) is 4. The van der Waals surface area contributed by atoms with E-state index in [-0.39, 0.29) is 0 Å². The van der Waals surface area contributed by atoms with Gasteiger partial charge in [0.1, 0.15) is 11.3 Å². The lowest BCUT2D eigenvalue weighted by atomic mass is 9.80. The van der Waals surface area contributed by atoms with Crippen molar-refractivity contribution in [3.05, 3.63) is 26.7 Å². The zero-order valence-corrected chi connectivity index (χ0v) is 12.3. The molecule has 3 rings (SSSR count). The number of nitrogens with zero attached hydrogens (tertiary/aromatic N) is 2. The van der Waals surface area contributed by atoms with Crippen molar-refractivity contribution in [3.63, 3.8) is 0 Å². The summed E-state index contributed by atoms with van der Waals surface area (Å²) in [6, 6.07) is 0. The highest BCUT2D eigenvalue weighted by Crippen LogP contribution is 2.32. The Hall–Kier alpha value is -1.89. The fourth-order valence-corrected chi connectivity index (χ4v) is 2.97. The van der Waals surface area contributed by atoms with Crippen molar-refractivity contribution in [2.24, 2.45) is 5.92 Å². The molecule has 0 aromatic carbocycles. The lowest BCUT2D eigenvalue weighted by Gasteiger charge is -2.34. The number of aryl methyl sites for hydroxylation is 1. The van der Waals surface area contributed by atoms with Crippen LogP contribution in [0, 0.1) is 5.92 Å². The second-order valence-electron chi connectivity index (χ2n) is 5.50. The molecule has 7 nitrogen and oxygen atoms in total. The summed E-state index contributed by atoms with van der Waals surface area (Å²) >= 11 is 0. The number of hydrogen-bond donors (Lipinski definition) is 2. The fraction of sp³-hybridized carbons (Fsp3) is 0.643. The predicted octanol–water partition coefficient (Wildman–Crippen LogP) is 0.790. The van der Waals surface area contributed by atoms with Crippen molar-refractivity contribution in [2.75, 3.05) is 6.61 Å². The third-order valence-electron chi connectivity index (χ3n) is 4.08. The maximum atomic E-state index is 11.8. The Labute approximate surface area is 121 Å². The molecule has 0 spiro atoms. The van der Waals surface area contributed by atoms with Gasteiger partial charge in [0, 0.05) is 19.6 Å². The van der Waals surface area contributed by atoms with Gasteiger partial charge in [0.2, 0.25) is 0 Å². The van der Waals surface area contributed by atoms with Crippen molar-refractivity contribution in [2.45, 2.75) is 45.8 Å². The van der Waals surface area contributed by atoms with Gasteiger partial charge in [-0.3, -0.25) is 14.3 Å². The molecular weight excluding hydrogens is 272 g/mol. The summed E-state index contributed by atoms with van der Waals surface area (Å²) in [6.07, 6.45) is 3.21. The maximum Gasteiger partial charge on any atom is 0.330 e. The number of ether oxygens (including phenoxy) is 1. The smallest absolute Gasteiger partial charge is 0.330 e. The highest BCUT2D eigenvalue weighted by molar-refractivity contribution is 5.69. The Morgan fingerprint density at radius 2 is 2.05 bits per heavy atom. The first-order chi connectivity index (χ1) is 10.1. The molecule has 0 unspecified atom stereocenters. The van der Waals surface area contributed by atoms with Gasteiger partial charge in [-0.2, -0.15) is 0 Å². The molecule has 1 saturated carbocycles. The maximum absolute atomic E-state index is 11.8. The molecule has 0 saturated heterocycles. The molecule has 0 radical (unpaired) electrons. The number of aromatic nitrogens is 4. The van der Waals surface area contributed by atoms with E-state index in [1.54, 1.807) is 0 Å². The number of imidazole rings is 1. The van der Waals surface area contributed by atoms with Crippen molar-refractivity contribution in [1.82, 2.24) is 19.5 Å². The zero-order chi connectivity index (χ0) is 15.0. The van der Waals surface area contributed by atoms with E-state index in [2.05, 4.69) is 15.0 Å². The molecule has 21 heavy (non-hydrogen) atoms. The quantitative estimate of drug-likeness (QED) is 0.852. The van der Waals surface area contributed by atoms with Gasteiger partial charge in [-0.1, -0.05) is 0 Å². The van der Waals surface area contributed by atoms with Crippen molar-refractivity contribution < 1.29 is 4.74 Å². The molecule has 0 amide bonds. The summed E-state index contributed by atoms with van der Waals surface area (Å²) in [5.41, 5.74) is 0.0152. The minimum Gasteiger partial charge on any atom is -0.378 e. The second kappa shape index (κ2) is 5.48. The lowest BCUT2D eigenvalue weighted by Crippen LogP contribution is -2.32. The molecule has 2 aromatic rings. The van der Waals surface area contributed by atoms with Gasteiger partial charge in [0.25, 0.3) is 5.56 Å². The number of H-pyrrole nitrogens is 2.